The highest BCUT2D eigenvalue weighted by atomic mass is 16.2. The molecule has 0 aliphatic carbocycles. The van der Waals surface area contributed by atoms with Crippen molar-refractivity contribution in [2.75, 3.05) is 13.1 Å². The number of amides is 1. The van der Waals surface area contributed by atoms with Crippen LogP contribution in [-0.4, -0.2) is 43.6 Å². The van der Waals surface area contributed by atoms with Gasteiger partial charge in [-0.25, -0.2) is 4.79 Å². The molecule has 0 bridgehead atoms. The molecular weight excluding hydrogens is 306 g/mol. The zero-order chi connectivity index (χ0) is 16.7. The maximum atomic E-state index is 12.7. The number of aromatic nitrogens is 4. The molecule has 0 spiro atoms. The molecule has 4 rings (SSSR count). The predicted octanol–water partition coefficient (Wildman–Crippen LogP) is 1.61. The van der Waals surface area contributed by atoms with Gasteiger partial charge in [-0.2, -0.15) is 5.10 Å². The second-order valence-corrected chi connectivity index (χ2v) is 6.32. The Bertz CT molecular complexity index is 930. The number of nitrogens with one attached hydrogen (secondary N) is 2. The van der Waals surface area contributed by atoms with Crippen molar-refractivity contribution < 1.29 is 4.79 Å². The number of aryl methyl sites for hydroxylation is 1. The Hall–Kier alpha value is -2.83. The number of likely N-dealkylation sites (tertiary alicyclic amines) is 1. The minimum atomic E-state index is -0.171. The average Bonchev–Trinajstić information content (AvgIpc) is 3.23. The Kier molecular flexibility index (Phi) is 3.48. The molecule has 2 N–H and O–H groups in total. The number of nitrogens with zero attached hydrogens (tertiary/aromatic N) is 3. The molecule has 7 nitrogen and oxygen atoms in total. The van der Waals surface area contributed by atoms with Crippen molar-refractivity contribution in [1.29, 1.82) is 0 Å². The number of carbonyl (C=O) groups excluding carboxylic acids is 1. The number of imidazole rings is 1. The third-order valence-corrected chi connectivity index (χ3v) is 4.92. The van der Waals surface area contributed by atoms with E-state index in [0.717, 1.165) is 31.4 Å². The molecule has 1 aliphatic heterocycles. The first-order chi connectivity index (χ1) is 11.6. The number of aromatic amines is 2. The van der Waals surface area contributed by atoms with Gasteiger partial charge >= 0.3 is 5.69 Å². The molecule has 0 saturated carbocycles. The van der Waals surface area contributed by atoms with Crippen molar-refractivity contribution in [2.45, 2.75) is 18.8 Å². The number of rotatable bonds is 2. The van der Waals surface area contributed by atoms with Gasteiger partial charge in [-0.15, -0.1) is 0 Å². The van der Waals surface area contributed by atoms with E-state index in [2.05, 4.69) is 15.2 Å². The molecule has 1 saturated heterocycles. The van der Waals surface area contributed by atoms with Crippen molar-refractivity contribution in [1.82, 2.24) is 24.6 Å². The van der Waals surface area contributed by atoms with Gasteiger partial charge in [-0.05, 0) is 42.5 Å². The zero-order valence-electron chi connectivity index (χ0n) is 13.5. The van der Waals surface area contributed by atoms with Crippen LogP contribution in [0, 0.1) is 0 Å². The standard InChI is InChI=1S/C17H19N5O2/c1-21-15-3-2-12(8-14(15)20-17(21)24)16(23)22-6-4-11(5-7-22)13-9-18-19-10-13/h2-3,8-11H,4-7H2,1H3,(H,18,19)(H,20,24). The van der Waals surface area contributed by atoms with E-state index in [1.165, 1.54) is 5.56 Å². The summed E-state index contributed by atoms with van der Waals surface area (Å²) >= 11 is 0. The van der Waals surface area contributed by atoms with Gasteiger partial charge in [0.1, 0.15) is 0 Å². The number of piperidine rings is 1. The summed E-state index contributed by atoms with van der Waals surface area (Å²) in [4.78, 5) is 29.1. The third-order valence-electron chi connectivity index (χ3n) is 4.92. The SMILES string of the molecule is Cn1c(=O)[nH]c2cc(C(=O)N3CCC(c4cn[nH]c4)CC3)ccc21. The summed E-state index contributed by atoms with van der Waals surface area (Å²) < 4.78 is 1.54. The Morgan fingerprint density at radius 3 is 2.79 bits per heavy atom. The van der Waals surface area contributed by atoms with Crippen molar-refractivity contribution >= 4 is 16.9 Å². The van der Waals surface area contributed by atoms with Gasteiger partial charge < -0.3 is 9.88 Å². The van der Waals surface area contributed by atoms with Gasteiger partial charge in [-0.1, -0.05) is 0 Å². The summed E-state index contributed by atoms with van der Waals surface area (Å²) in [6, 6.07) is 5.38. The summed E-state index contributed by atoms with van der Waals surface area (Å²) in [6.45, 7) is 1.47. The highest BCUT2D eigenvalue weighted by Crippen LogP contribution is 2.28. The summed E-state index contributed by atoms with van der Waals surface area (Å²) in [7, 11) is 1.71. The molecule has 0 atom stereocenters. The van der Waals surface area contributed by atoms with Crippen LogP contribution in [0.5, 0.6) is 0 Å². The zero-order valence-corrected chi connectivity index (χ0v) is 13.5. The lowest BCUT2D eigenvalue weighted by atomic mass is 9.91. The van der Waals surface area contributed by atoms with Gasteiger partial charge in [0.2, 0.25) is 0 Å². The van der Waals surface area contributed by atoms with Gasteiger partial charge in [-0.3, -0.25) is 14.5 Å². The lowest BCUT2D eigenvalue weighted by Gasteiger charge is -2.31. The number of hydrogen-bond donors (Lipinski definition) is 2. The van der Waals surface area contributed by atoms with Gasteiger partial charge in [0.25, 0.3) is 5.91 Å². The first-order valence-electron chi connectivity index (χ1n) is 8.10. The second-order valence-electron chi connectivity index (χ2n) is 6.32. The monoisotopic (exact) mass is 325 g/mol. The van der Waals surface area contributed by atoms with E-state index in [1.807, 2.05) is 23.4 Å². The Morgan fingerprint density at radius 1 is 1.29 bits per heavy atom. The third kappa shape index (κ3) is 2.42. The Morgan fingerprint density at radius 2 is 2.08 bits per heavy atom. The molecule has 1 amide bonds. The lowest BCUT2D eigenvalue weighted by Crippen LogP contribution is -2.37. The number of hydrogen-bond acceptors (Lipinski definition) is 3. The topological polar surface area (TPSA) is 86.8 Å². The minimum Gasteiger partial charge on any atom is -0.339 e. The number of benzene rings is 1. The van der Waals surface area contributed by atoms with Crippen LogP contribution in [0.4, 0.5) is 0 Å². The van der Waals surface area contributed by atoms with E-state index in [1.54, 1.807) is 23.7 Å². The number of H-pyrrole nitrogens is 2. The molecule has 7 heteroatoms. The van der Waals surface area contributed by atoms with Gasteiger partial charge in [0.15, 0.2) is 0 Å². The van der Waals surface area contributed by atoms with Crippen LogP contribution in [0.2, 0.25) is 0 Å². The van der Waals surface area contributed by atoms with Crippen LogP contribution in [0.3, 0.4) is 0 Å². The van der Waals surface area contributed by atoms with E-state index >= 15 is 0 Å². The average molecular weight is 325 g/mol. The fourth-order valence-corrected chi connectivity index (χ4v) is 3.45. The quantitative estimate of drug-likeness (QED) is 0.750. The smallest absolute Gasteiger partial charge is 0.326 e. The number of fused-ring (bicyclic) bond motifs is 1. The molecule has 0 unspecified atom stereocenters. The molecular formula is C17H19N5O2. The van der Waals surface area contributed by atoms with Crippen molar-refractivity contribution in [3.8, 4) is 0 Å². The highest BCUT2D eigenvalue weighted by molar-refractivity contribution is 5.97. The summed E-state index contributed by atoms with van der Waals surface area (Å²) in [5, 5.41) is 6.85. The van der Waals surface area contributed by atoms with Crippen LogP contribution >= 0.6 is 0 Å². The summed E-state index contributed by atoms with van der Waals surface area (Å²) in [5.41, 5.74) is 3.16. The summed E-state index contributed by atoms with van der Waals surface area (Å²) in [5.74, 6) is 0.480. The van der Waals surface area contributed by atoms with E-state index in [-0.39, 0.29) is 11.6 Å². The van der Waals surface area contributed by atoms with Crippen LogP contribution in [0.25, 0.3) is 11.0 Å². The maximum Gasteiger partial charge on any atom is 0.326 e. The van der Waals surface area contributed by atoms with E-state index in [9.17, 15) is 9.59 Å². The molecule has 124 valence electrons. The molecule has 1 fully saturated rings. The van der Waals surface area contributed by atoms with Crippen molar-refractivity contribution in [3.05, 3.63) is 52.2 Å². The predicted molar refractivity (Wildman–Crippen MR) is 90.0 cm³/mol. The van der Waals surface area contributed by atoms with Crippen molar-refractivity contribution in [3.63, 3.8) is 0 Å². The molecule has 1 aliphatic rings. The first kappa shape index (κ1) is 14.7. The Labute approximate surface area is 138 Å². The van der Waals surface area contributed by atoms with Gasteiger partial charge in [0.05, 0.1) is 17.2 Å². The molecule has 1 aromatic carbocycles. The lowest BCUT2D eigenvalue weighted by molar-refractivity contribution is 0.0713. The van der Waals surface area contributed by atoms with Gasteiger partial charge in [0, 0.05) is 31.9 Å². The van der Waals surface area contributed by atoms with Crippen LogP contribution < -0.4 is 5.69 Å². The maximum absolute atomic E-state index is 12.7. The van der Waals surface area contributed by atoms with Crippen LogP contribution in [0.15, 0.2) is 35.4 Å². The Balaban J connectivity index is 1.51. The van der Waals surface area contributed by atoms with E-state index in [0.29, 0.717) is 17.0 Å². The molecule has 0 radical (unpaired) electrons. The minimum absolute atomic E-state index is 0.0206. The molecule has 24 heavy (non-hydrogen) atoms. The largest absolute Gasteiger partial charge is 0.339 e. The van der Waals surface area contributed by atoms with E-state index < -0.39 is 0 Å². The fourth-order valence-electron chi connectivity index (χ4n) is 3.45. The van der Waals surface area contributed by atoms with E-state index in [4.69, 9.17) is 0 Å². The van der Waals surface area contributed by atoms with Crippen LogP contribution in [0.1, 0.15) is 34.7 Å². The second kappa shape index (κ2) is 5.67. The molecule has 2 aromatic heterocycles. The molecule has 3 heterocycles. The first-order valence-corrected chi connectivity index (χ1v) is 8.10. The van der Waals surface area contributed by atoms with Crippen molar-refractivity contribution in [2.24, 2.45) is 7.05 Å². The van der Waals surface area contributed by atoms with Crippen LogP contribution in [-0.2, 0) is 7.05 Å². The normalized spacial score (nSPS) is 16.0. The number of carbonyl (C=O) groups is 1. The molecule has 3 aromatic rings. The summed E-state index contributed by atoms with van der Waals surface area (Å²) in [6.07, 6.45) is 5.68. The fraction of sp³-hybridized carbons (Fsp3) is 0.353. The highest BCUT2D eigenvalue weighted by Gasteiger charge is 2.25.